The number of likely N-dealkylation sites (tertiary alicyclic amines) is 1. The molecule has 1 heterocycles. The molecule has 0 bridgehead atoms. The second-order valence-corrected chi connectivity index (χ2v) is 6.04. The minimum Gasteiger partial charge on any atom is -0.444 e. The van der Waals surface area contributed by atoms with Gasteiger partial charge < -0.3 is 15.0 Å². The minimum atomic E-state index is -0.472. The zero-order valence-corrected chi connectivity index (χ0v) is 12.5. The predicted molar refractivity (Wildman–Crippen MR) is 73.9 cm³/mol. The highest BCUT2D eigenvalue weighted by atomic mass is 16.6. The fraction of sp³-hybridized carbons (Fsp3) is 0.857. The van der Waals surface area contributed by atoms with Crippen molar-refractivity contribution in [2.75, 3.05) is 13.6 Å². The van der Waals surface area contributed by atoms with Crippen molar-refractivity contribution in [1.82, 2.24) is 10.2 Å². The van der Waals surface area contributed by atoms with Gasteiger partial charge in [0.25, 0.3) is 0 Å². The molecule has 19 heavy (non-hydrogen) atoms. The summed E-state index contributed by atoms with van der Waals surface area (Å²) in [4.78, 5) is 25.2. The van der Waals surface area contributed by atoms with Crippen molar-refractivity contribution in [3.8, 4) is 0 Å². The molecule has 5 nitrogen and oxygen atoms in total. The van der Waals surface area contributed by atoms with Gasteiger partial charge >= 0.3 is 6.09 Å². The van der Waals surface area contributed by atoms with Gasteiger partial charge in [0.1, 0.15) is 5.60 Å². The van der Waals surface area contributed by atoms with Crippen molar-refractivity contribution in [3.63, 3.8) is 0 Å². The molecule has 1 N–H and O–H groups in total. The van der Waals surface area contributed by atoms with Gasteiger partial charge in [-0.1, -0.05) is 0 Å². The number of carbonyl (C=O) groups excluding carboxylic acids is 2. The molecular weight excluding hydrogens is 244 g/mol. The Kier molecular flexibility index (Phi) is 5.63. The summed E-state index contributed by atoms with van der Waals surface area (Å²) in [5.74, 6) is 0.0229. The van der Waals surface area contributed by atoms with Gasteiger partial charge in [-0.3, -0.25) is 4.79 Å². The molecular formula is C14H26N2O3. The number of hydrogen-bond acceptors (Lipinski definition) is 3. The molecule has 0 saturated carbocycles. The molecule has 1 atom stereocenters. The fourth-order valence-electron chi connectivity index (χ4n) is 2.28. The summed E-state index contributed by atoms with van der Waals surface area (Å²) in [6.45, 7) is 6.34. The van der Waals surface area contributed by atoms with Crippen LogP contribution in [0.5, 0.6) is 0 Å². The summed E-state index contributed by atoms with van der Waals surface area (Å²) in [5, 5.41) is 2.61. The van der Waals surface area contributed by atoms with Gasteiger partial charge in [0.05, 0.1) is 0 Å². The Balaban J connectivity index is 2.56. The first-order valence-electron chi connectivity index (χ1n) is 7.03. The highest BCUT2D eigenvalue weighted by Gasteiger charge is 2.30. The first-order valence-corrected chi connectivity index (χ1v) is 7.03. The molecule has 2 amide bonds. The van der Waals surface area contributed by atoms with Crippen LogP contribution < -0.4 is 5.32 Å². The third-order valence-corrected chi connectivity index (χ3v) is 3.24. The molecule has 0 aromatic heterocycles. The van der Waals surface area contributed by atoms with Crippen molar-refractivity contribution < 1.29 is 14.3 Å². The number of carbonyl (C=O) groups is 2. The van der Waals surface area contributed by atoms with Gasteiger partial charge in [0, 0.05) is 26.1 Å². The SMILES string of the molecule is CNC(=O)CCC1CCCCN1C(=O)OC(C)(C)C. The van der Waals surface area contributed by atoms with Crippen LogP contribution in [0.3, 0.4) is 0 Å². The van der Waals surface area contributed by atoms with E-state index in [0.29, 0.717) is 12.8 Å². The van der Waals surface area contributed by atoms with Crippen molar-refractivity contribution in [3.05, 3.63) is 0 Å². The van der Waals surface area contributed by atoms with E-state index in [1.165, 1.54) is 0 Å². The molecule has 5 heteroatoms. The van der Waals surface area contributed by atoms with E-state index in [9.17, 15) is 9.59 Å². The number of piperidine rings is 1. The lowest BCUT2D eigenvalue weighted by Crippen LogP contribution is -2.46. The van der Waals surface area contributed by atoms with E-state index < -0.39 is 5.60 Å². The van der Waals surface area contributed by atoms with Crippen molar-refractivity contribution in [2.24, 2.45) is 0 Å². The minimum absolute atomic E-state index is 0.0229. The zero-order valence-electron chi connectivity index (χ0n) is 12.5. The first-order chi connectivity index (χ1) is 8.83. The average Bonchev–Trinajstić information content (AvgIpc) is 2.34. The Bertz CT molecular complexity index is 323. The Labute approximate surface area is 115 Å². The molecule has 1 aliphatic heterocycles. The lowest BCUT2D eigenvalue weighted by molar-refractivity contribution is -0.121. The fourth-order valence-corrected chi connectivity index (χ4v) is 2.28. The summed E-state index contributed by atoms with van der Waals surface area (Å²) < 4.78 is 5.43. The van der Waals surface area contributed by atoms with Gasteiger partial charge in [-0.25, -0.2) is 4.79 Å². The van der Waals surface area contributed by atoms with E-state index in [1.807, 2.05) is 20.8 Å². The second-order valence-electron chi connectivity index (χ2n) is 6.04. The Morgan fingerprint density at radius 2 is 2.00 bits per heavy atom. The maximum absolute atomic E-state index is 12.1. The van der Waals surface area contributed by atoms with Gasteiger partial charge in [0.15, 0.2) is 0 Å². The van der Waals surface area contributed by atoms with Crippen LogP contribution in [-0.2, 0) is 9.53 Å². The maximum atomic E-state index is 12.1. The van der Waals surface area contributed by atoms with Crippen molar-refractivity contribution in [1.29, 1.82) is 0 Å². The maximum Gasteiger partial charge on any atom is 0.410 e. The molecule has 0 aliphatic carbocycles. The van der Waals surface area contributed by atoms with Gasteiger partial charge in [-0.05, 0) is 46.5 Å². The molecule has 110 valence electrons. The largest absolute Gasteiger partial charge is 0.444 e. The summed E-state index contributed by atoms with van der Waals surface area (Å²) >= 11 is 0. The van der Waals surface area contributed by atoms with E-state index in [0.717, 1.165) is 25.8 Å². The number of nitrogens with zero attached hydrogens (tertiary/aromatic N) is 1. The van der Waals surface area contributed by atoms with Gasteiger partial charge in [-0.2, -0.15) is 0 Å². The standard InChI is InChI=1S/C14H26N2O3/c1-14(2,3)19-13(18)16-10-6-5-7-11(16)8-9-12(17)15-4/h11H,5-10H2,1-4H3,(H,15,17). The van der Waals surface area contributed by atoms with Gasteiger partial charge in [0.2, 0.25) is 5.91 Å². The Morgan fingerprint density at radius 3 is 2.58 bits per heavy atom. The molecule has 1 aliphatic rings. The van der Waals surface area contributed by atoms with Crippen LogP contribution in [0.4, 0.5) is 4.79 Å². The number of hydrogen-bond donors (Lipinski definition) is 1. The summed E-state index contributed by atoms with van der Waals surface area (Å²) in [5.41, 5.74) is -0.472. The molecule has 0 aromatic carbocycles. The Morgan fingerprint density at radius 1 is 1.32 bits per heavy atom. The summed E-state index contributed by atoms with van der Waals surface area (Å²) in [7, 11) is 1.63. The molecule has 1 rings (SSSR count). The van der Waals surface area contributed by atoms with Crippen LogP contribution in [0.25, 0.3) is 0 Å². The third-order valence-electron chi connectivity index (χ3n) is 3.24. The topological polar surface area (TPSA) is 58.6 Å². The molecule has 0 spiro atoms. The predicted octanol–water partition coefficient (Wildman–Crippen LogP) is 2.30. The van der Waals surface area contributed by atoms with Crippen LogP contribution in [0, 0.1) is 0 Å². The average molecular weight is 270 g/mol. The van der Waals surface area contributed by atoms with E-state index in [-0.39, 0.29) is 18.0 Å². The lowest BCUT2D eigenvalue weighted by Gasteiger charge is -2.36. The summed E-state index contributed by atoms with van der Waals surface area (Å²) in [6, 6.07) is 0.126. The van der Waals surface area contributed by atoms with Crippen LogP contribution in [0.15, 0.2) is 0 Å². The zero-order chi connectivity index (χ0) is 14.5. The van der Waals surface area contributed by atoms with Crippen molar-refractivity contribution in [2.45, 2.75) is 64.5 Å². The number of amides is 2. The second kappa shape index (κ2) is 6.78. The quantitative estimate of drug-likeness (QED) is 0.856. The monoisotopic (exact) mass is 270 g/mol. The van der Waals surface area contributed by atoms with Crippen LogP contribution in [0.2, 0.25) is 0 Å². The highest BCUT2D eigenvalue weighted by Crippen LogP contribution is 2.23. The van der Waals surface area contributed by atoms with E-state index in [2.05, 4.69) is 5.32 Å². The molecule has 1 fully saturated rings. The van der Waals surface area contributed by atoms with Crippen LogP contribution in [0.1, 0.15) is 52.9 Å². The normalized spacial score (nSPS) is 20.0. The number of nitrogens with one attached hydrogen (secondary N) is 1. The molecule has 1 unspecified atom stereocenters. The highest BCUT2D eigenvalue weighted by molar-refractivity contribution is 5.75. The van der Waals surface area contributed by atoms with E-state index in [4.69, 9.17) is 4.74 Å². The van der Waals surface area contributed by atoms with E-state index in [1.54, 1.807) is 11.9 Å². The van der Waals surface area contributed by atoms with E-state index >= 15 is 0 Å². The number of rotatable bonds is 3. The van der Waals surface area contributed by atoms with Crippen molar-refractivity contribution >= 4 is 12.0 Å². The molecule has 0 radical (unpaired) electrons. The third kappa shape index (κ3) is 5.49. The molecule has 1 saturated heterocycles. The Hall–Kier alpha value is -1.26. The van der Waals surface area contributed by atoms with Crippen LogP contribution >= 0.6 is 0 Å². The van der Waals surface area contributed by atoms with Gasteiger partial charge in [-0.15, -0.1) is 0 Å². The lowest BCUT2D eigenvalue weighted by atomic mass is 9.98. The number of ether oxygens (including phenoxy) is 1. The summed E-state index contributed by atoms with van der Waals surface area (Å²) in [6.07, 6.45) is 3.98. The molecule has 0 aromatic rings. The van der Waals surface area contributed by atoms with Crippen LogP contribution in [-0.4, -0.2) is 42.1 Å². The smallest absolute Gasteiger partial charge is 0.410 e. The first kappa shape index (κ1) is 15.8.